The maximum atomic E-state index is 6.01. The van der Waals surface area contributed by atoms with Crippen LogP contribution in [0.25, 0.3) is 5.65 Å². The Balaban J connectivity index is 1.57. The van der Waals surface area contributed by atoms with Crippen molar-refractivity contribution in [3.8, 4) is 5.75 Å². The lowest BCUT2D eigenvalue weighted by molar-refractivity contribution is 0.293. The van der Waals surface area contributed by atoms with E-state index in [2.05, 4.69) is 25.6 Å². The van der Waals surface area contributed by atoms with Gasteiger partial charge in [-0.1, -0.05) is 17.7 Å². The summed E-state index contributed by atoms with van der Waals surface area (Å²) in [6.45, 7) is 0.157. The monoisotopic (exact) mass is 367 g/mol. The Hall–Kier alpha value is -3.39. The maximum Gasteiger partial charge on any atom is 0.192 e. The molecule has 0 spiro atoms. The summed E-state index contributed by atoms with van der Waals surface area (Å²) in [7, 11) is 0. The third kappa shape index (κ3) is 3.35. The minimum atomic E-state index is 0.157. The van der Waals surface area contributed by atoms with E-state index in [9.17, 15) is 0 Å². The fourth-order valence-corrected chi connectivity index (χ4v) is 2.56. The van der Waals surface area contributed by atoms with Crippen LogP contribution in [-0.2, 0) is 6.61 Å². The molecule has 0 atom stereocenters. The number of benzene rings is 1. The molecule has 0 aliphatic heterocycles. The van der Waals surface area contributed by atoms with Crippen molar-refractivity contribution in [1.82, 2.24) is 24.8 Å². The highest BCUT2D eigenvalue weighted by atomic mass is 35.5. The number of ether oxygens (including phenoxy) is 1. The van der Waals surface area contributed by atoms with E-state index in [0.29, 0.717) is 33.9 Å². The molecule has 1 aromatic carbocycles. The zero-order valence-corrected chi connectivity index (χ0v) is 14.3. The molecule has 3 aromatic heterocycles. The van der Waals surface area contributed by atoms with Crippen molar-refractivity contribution in [2.24, 2.45) is 0 Å². The molecule has 130 valence electrons. The summed E-state index contributed by atoms with van der Waals surface area (Å²) in [5, 5.41) is 16.5. The van der Waals surface area contributed by atoms with Crippen LogP contribution in [0.2, 0.25) is 5.02 Å². The quantitative estimate of drug-likeness (QED) is 0.558. The smallest absolute Gasteiger partial charge is 0.192 e. The summed E-state index contributed by atoms with van der Waals surface area (Å²) in [5.74, 6) is 1.97. The van der Waals surface area contributed by atoms with Crippen LogP contribution in [0.1, 0.15) is 5.82 Å². The largest absolute Gasteiger partial charge is 0.482 e. The van der Waals surface area contributed by atoms with Crippen molar-refractivity contribution < 1.29 is 4.74 Å². The molecule has 0 unspecified atom stereocenters. The average molecular weight is 368 g/mol. The molecule has 0 radical (unpaired) electrons. The van der Waals surface area contributed by atoms with Crippen molar-refractivity contribution in [2.75, 3.05) is 11.1 Å². The predicted octanol–water partition coefficient (Wildman–Crippen LogP) is 3.08. The van der Waals surface area contributed by atoms with Gasteiger partial charge in [-0.25, -0.2) is 4.98 Å². The molecule has 0 bridgehead atoms. The first-order chi connectivity index (χ1) is 12.7. The van der Waals surface area contributed by atoms with Gasteiger partial charge >= 0.3 is 0 Å². The number of nitrogen functional groups attached to an aromatic ring is 1. The molecule has 8 nitrogen and oxygen atoms in total. The first kappa shape index (κ1) is 16.1. The molecule has 26 heavy (non-hydrogen) atoms. The van der Waals surface area contributed by atoms with Gasteiger partial charge in [0.25, 0.3) is 0 Å². The molecule has 9 heteroatoms. The third-order valence-electron chi connectivity index (χ3n) is 3.58. The number of anilines is 3. The van der Waals surface area contributed by atoms with Gasteiger partial charge in [0.15, 0.2) is 28.9 Å². The third-order valence-corrected chi connectivity index (χ3v) is 3.82. The lowest BCUT2D eigenvalue weighted by Gasteiger charge is -2.08. The summed E-state index contributed by atoms with van der Waals surface area (Å²) in [5.41, 5.74) is 7.22. The molecular formula is C17H14ClN7O. The minimum absolute atomic E-state index is 0.157. The van der Waals surface area contributed by atoms with Crippen LogP contribution >= 0.6 is 11.6 Å². The number of aromatic nitrogens is 5. The summed E-state index contributed by atoms with van der Waals surface area (Å²) in [6.07, 6.45) is 1.60. The number of fused-ring (bicyclic) bond motifs is 1. The lowest BCUT2D eigenvalue weighted by Crippen LogP contribution is -2.06. The Morgan fingerprint density at radius 1 is 1.12 bits per heavy atom. The number of nitrogens with zero attached hydrogens (tertiary/aromatic N) is 5. The first-order valence-corrected chi connectivity index (χ1v) is 8.14. The Labute approximate surface area is 153 Å². The molecule has 0 aliphatic rings. The number of nitrogens with two attached hydrogens (primary N) is 1. The minimum Gasteiger partial charge on any atom is -0.482 e. The van der Waals surface area contributed by atoms with Crippen LogP contribution in [0.15, 0.2) is 54.7 Å². The van der Waals surface area contributed by atoms with Gasteiger partial charge in [0.1, 0.15) is 6.61 Å². The van der Waals surface area contributed by atoms with Crippen LogP contribution in [0.5, 0.6) is 5.75 Å². The van der Waals surface area contributed by atoms with Crippen LogP contribution < -0.4 is 15.8 Å². The standard InChI is InChI=1S/C17H14ClN7O/c18-11-3-1-4-12(9-11)21-14-6-7-15-22-23-16(25(15)24-14)10-26-13-5-2-8-20-17(13)19/h1-9H,10H2,(H2,19,20)(H,21,24). The van der Waals surface area contributed by atoms with Gasteiger partial charge in [0.05, 0.1) is 0 Å². The zero-order chi connectivity index (χ0) is 17.9. The van der Waals surface area contributed by atoms with Crippen molar-refractivity contribution in [3.05, 3.63) is 65.6 Å². The molecular weight excluding hydrogens is 354 g/mol. The highest BCUT2D eigenvalue weighted by molar-refractivity contribution is 6.30. The molecule has 3 heterocycles. The molecule has 0 fully saturated rings. The van der Waals surface area contributed by atoms with Gasteiger partial charge < -0.3 is 15.8 Å². The number of halogens is 1. The SMILES string of the molecule is Nc1ncccc1OCc1nnc2ccc(Nc3cccc(Cl)c3)nn12. The van der Waals surface area contributed by atoms with E-state index in [1.54, 1.807) is 22.8 Å². The van der Waals surface area contributed by atoms with Crippen LogP contribution in [0.3, 0.4) is 0 Å². The number of nitrogens with one attached hydrogen (secondary N) is 1. The highest BCUT2D eigenvalue weighted by Crippen LogP contribution is 2.20. The number of hydrogen-bond acceptors (Lipinski definition) is 7. The van der Waals surface area contributed by atoms with Gasteiger partial charge in [0.2, 0.25) is 0 Å². The lowest BCUT2D eigenvalue weighted by atomic mass is 10.3. The maximum absolute atomic E-state index is 6.01. The van der Waals surface area contributed by atoms with Crippen molar-refractivity contribution in [3.63, 3.8) is 0 Å². The fourth-order valence-electron chi connectivity index (χ4n) is 2.37. The summed E-state index contributed by atoms with van der Waals surface area (Å²) >= 11 is 6.01. The molecule has 3 N–H and O–H groups in total. The number of pyridine rings is 1. The molecule has 0 aliphatic carbocycles. The predicted molar refractivity (Wildman–Crippen MR) is 98.5 cm³/mol. The Morgan fingerprint density at radius 2 is 2.04 bits per heavy atom. The summed E-state index contributed by atoms with van der Waals surface area (Å²) in [4.78, 5) is 3.98. The van der Waals surface area contributed by atoms with E-state index < -0.39 is 0 Å². The van der Waals surface area contributed by atoms with Gasteiger partial charge in [0, 0.05) is 16.9 Å². The Morgan fingerprint density at radius 3 is 2.88 bits per heavy atom. The second kappa shape index (κ2) is 6.85. The van der Waals surface area contributed by atoms with Crippen LogP contribution in [-0.4, -0.2) is 24.8 Å². The highest BCUT2D eigenvalue weighted by Gasteiger charge is 2.10. The normalized spacial score (nSPS) is 10.8. The summed E-state index contributed by atoms with van der Waals surface area (Å²) in [6, 6.07) is 14.5. The summed E-state index contributed by atoms with van der Waals surface area (Å²) < 4.78 is 7.29. The van der Waals surface area contributed by atoms with Gasteiger partial charge in [-0.05, 0) is 42.5 Å². The number of rotatable bonds is 5. The van der Waals surface area contributed by atoms with E-state index in [1.165, 1.54) is 0 Å². The van der Waals surface area contributed by atoms with Crippen LogP contribution in [0.4, 0.5) is 17.3 Å². The van der Waals surface area contributed by atoms with Crippen LogP contribution in [0, 0.1) is 0 Å². The van der Waals surface area contributed by atoms with Crippen molar-refractivity contribution >= 4 is 34.6 Å². The van der Waals surface area contributed by atoms with Gasteiger partial charge in [-0.3, -0.25) is 0 Å². The topological polar surface area (TPSA) is 103 Å². The second-order valence-corrected chi connectivity index (χ2v) is 5.85. The van der Waals surface area contributed by atoms with E-state index >= 15 is 0 Å². The Bertz CT molecular complexity index is 1070. The molecule has 4 aromatic rings. The Kier molecular flexibility index (Phi) is 4.24. The molecule has 0 amide bonds. The molecule has 0 saturated heterocycles. The molecule has 4 rings (SSSR count). The molecule has 0 saturated carbocycles. The van der Waals surface area contributed by atoms with E-state index in [1.807, 2.05) is 36.4 Å². The zero-order valence-electron chi connectivity index (χ0n) is 13.5. The number of hydrogen-bond donors (Lipinski definition) is 2. The van der Waals surface area contributed by atoms with Gasteiger partial charge in [-0.2, -0.15) is 4.52 Å². The van der Waals surface area contributed by atoms with E-state index in [-0.39, 0.29) is 6.61 Å². The fraction of sp³-hybridized carbons (Fsp3) is 0.0588. The average Bonchev–Trinajstić information content (AvgIpc) is 3.03. The van der Waals surface area contributed by atoms with Crippen molar-refractivity contribution in [2.45, 2.75) is 6.61 Å². The van der Waals surface area contributed by atoms with Crippen molar-refractivity contribution in [1.29, 1.82) is 0 Å². The first-order valence-electron chi connectivity index (χ1n) is 7.76. The van der Waals surface area contributed by atoms with E-state index in [0.717, 1.165) is 5.69 Å². The van der Waals surface area contributed by atoms with E-state index in [4.69, 9.17) is 22.1 Å². The van der Waals surface area contributed by atoms with Gasteiger partial charge in [-0.15, -0.1) is 15.3 Å². The second-order valence-electron chi connectivity index (χ2n) is 5.42.